The third-order valence-corrected chi connectivity index (χ3v) is 7.78. The average molecular weight is 536 g/mol. The van der Waals surface area contributed by atoms with Crippen molar-refractivity contribution in [3.8, 4) is 11.5 Å². The van der Waals surface area contributed by atoms with E-state index in [1.54, 1.807) is 20.3 Å². The molecule has 11 heteroatoms. The van der Waals surface area contributed by atoms with E-state index in [9.17, 15) is 4.79 Å². The number of likely N-dealkylation sites (N-methyl/N-ethyl adjacent to an activating group) is 1. The molecule has 208 valence electrons. The minimum absolute atomic E-state index is 0.0693. The molecule has 2 aromatic carbocycles. The van der Waals surface area contributed by atoms with Crippen LogP contribution in [0.5, 0.6) is 11.5 Å². The summed E-state index contributed by atoms with van der Waals surface area (Å²) >= 11 is 0. The highest BCUT2D eigenvalue weighted by atomic mass is 16.5. The number of benzene rings is 2. The van der Waals surface area contributed by atoms with Crippen LogP contribution in [-0.2, 0) is 4.74 Å². The molecule has 0 bridgehead atoms. The standard InChI is InChI=1S/C28H37N7O4/c1-33(26-31-22-18-24(38-3)23(37-2)17-21(22)25(29)32-26)19-28(35-13-15-39-16-14-35)9-11-34(12-10-28)27(36)30-20-7-5-4-6-8-20/h4-8,17-18H,9-16,19H2,1-3H3,(H,30,36)(H2,29,31,32). The number of piperidine rings is 1. The number of morpholine rings is 1. The molecule has 3 heterocycles. The van der Waals surface area contributed by atoms with Crippen molar-refractivity contribution in [1.29, 1.82) is 0 Å². The van der Waals surface area contributed by atoms with Gasteiger partial charge in [-0.05, 0) is 31.0 Å². The number of para-hydroxylation sites is 1. The van der Waals surface area contributed by atoms with Crippen molar-refractivity contribution in [3.63, 3.8) is 0 Å². The third-order valence-electron chi connectivity index (χ3n) is 7.78. The van der Waals surface area contributed by atoms with E-state index in [2.05, 4.69) is 20.1 Å². The van der Waals surface area contributed by atoms with Gasteiger partial charge in [0, 0.05) is 62.5 Å². The zero-order valence-corrected chi connectivity index (χ0v) is 22.9. The number of anilines is 3. The average Bonchev–Trinajstić information content (AvgIpc) is 2.97. The molecule has 2 fully saturated rings. The van der Waals surface area contributed by atoms with Crippen LogP contribution in [0.25, 0.3) is 10.9 Å². The molecule has 0 saturated carbocycles. The number of likely N-dealkylation sites (tertiary alicyclic amines) is 1. The first kappa shape index (κ1) is 26.8. The fourth-order valence-corrected chi connectivity index (χ4v) is 5.61. The second-order valence-corrected chi connectivity index (χ2v) is 10.1. The maximum absolute atomic E-state index is 13.0. The zero-order chi connectivity index (χ0) is 27.4. The number of nitrogens with one attached hydrogen (secondary N) is 1. The van der Waals surface area contributed by atoms with Crippen LogP contribution < -0.4 is 25.4 Å². The molecular formula is C28H37N7O4. The Morgan fingerprint density at radius 1 is 1.05 bits per heavy atom. The molecule has 2 amide bonds. The summed E-state index contributed by atoms with van der Waals surface area (Å²) in [4.78, 5) is 28.9. The van der Waals surface area contributed by atoms with Gasteiger partial charge in [-0.3, -0.25) is 4.90 Å². The Hall–Kier alpha value is -3.83. The minimum atomic E-state index is -0.160. The molecule has 0 spiro atoms. The van der Waals surface area contributed by atoms with Crippen molar-refractivity contribution < 1.29 is 19.0 Å². The Kier molecular flexibility index (Phi) is 7.89. The quantitative estimate of drug-likeness (QED) is 0.471. The van der Waals surface area contributed by atoms with E-state index in [-0.39, 0.29) is 11.6 Å². The van der Waals surface area contributed by atoms with Crippen LogP contribution in [0.1, 0.15) is 12.8 Å². The SMILES string of the molecule is COc1cc2nc(N(C)CC3(N4CCOCC4)CCN(C(=O)Nc4ccccc4)CC3)nc(N)c2cc1OC. The first-order chi connectivity index (χ1) is 18.9. The second kappa shape index (κ2) is 11.5. The number of hydrogen-bond donors (Lipinski definition) is 2. The van der Waals surface area contributed by atoms with Crippen LogP contribution >= 0.6 is 0 Å². The Bertz CT molecular complexity index is 1290. The fourth-order valence-electron chi connectivity index (χ4n) is 5.61. The molecule has 0 atom stereocenters. The number of fused-ring (bicyclic) bond motifs is 1. The molecule has 3 aromatic rings. The summed E-state index contributed by atoms with van der Waals surface area (Å²) in [5.74, 6) is 2.10. The van der Waals surface area contributed by atoms with Gasteiger partial charge in [0.05, 0.1) is 33.0 Å². The number of carbonyl (C=O) groups is 1. The fraction of sp³-hybridized carbons (Fsp3) is 0.464. The zero-order valence-electron chi connectivity index (χ0n) is 22.9. The van der Waals surface area contributed by atoms with Gasteiger partial charge in [0.15, 0.2) is 11.5 Å². The van der Waals surface area contributed by atoms with Crippen molar-refractivity contribution in [2.75, 3.05) is 83.2 Å². The molecule has 11 nitrogen and oxygen atoms in total. The number of nitrogens with zero attached hydrogens (tertiary/aromatic N) is 5. The van der Waals surface area contributed by atoms with Gasteiger partial charge in [-0.1, -0.05) is 18.2 Å². The lowest BCUT2D eigenvalue weighted by Crippen LogP contribution is -2.63. The van der Waals surface area contributed by atoms with E-state index >= 15 is 0 Å². The number of methoxy groups -OCH3 is 2. The number of carbonyl (C=O) groups excluding carboxylic acids is 1. The minimum Gasteiger partial charge on any atom is -0.493 e. The lowest BCUT2D eigenvalue weighted by molar-refractivity contribution is -0.0397. The van der Waals surface area contributed by atoms with Gasteiger partial charge in [-0.25, -0.2) is 9.78 Å². The molecule has 0 unspecified atom stereocenters. The van der Waals surface area contributed by atoms with Crippen molar-refractivity contribution in [2.45, 2.75) is 18.4 Å². The van der Waals surface area contributed by atoms with E-state index in [0.717, 1.165) is 31.6 Å². The highest BCUT2D eigenvalue weighted by molar-refractivity contribution is 5.92. The van der Waals surface area contributed by atoms with Gasteiger partial charge >= 0.3 is 6.03 Å². The van der Waals surface area contributed by atoms with Gasteiger partial charge in [0.2, 0.25) is 5.95 Å². The van der Waals surface area contributed by atoms with Crippen LogP contribution in [0, 0.1) is 0 Å². The highest BCUT2D eigenvalue weighted by Gasteiger charge is 2.42. The molecule has 5 rings (SSSR count). The molecule has 0 radical (unpaired) electrons. The Morgan fingerprint density at radius 3 is 2.38 bits per heavy atom. The summed E-state index contributed by atoms with van der Waals surface area (Å²) in [7, 11) is 5.18. The molecule has 2 aliphatic heterocycles. The highest BCUT2D eigenvalue weighted by Crippen LogP contribution is 2.35. The van der Waals surface area contributed by atoms with Crippen LogP contribution in [0.15, 0.2) is 42.5 Å². The van der Waals surface area contributed by atoms with Gasteiger partial charge in [0.25, 0.3) is 0 Å². The summed E-state index contributed by atoms with van der Waals surface area (Å²) in [6, 6.07) is 13.1. The number of urea groups is 1. The molecule has 2 saturated heterocycles. The normalized spacial score (nSPS) is 17.6. The van der Waals surface area contributed by atoms with Crippen LogP contribution in [0.3, 0.4) is 0 Å². The molecule has 3 N–H and O–H groups in total. The number of nitrogens with two attached hydrogens (primary N) is 1. The molecular weight excluding hydrogens is 498 g/mol. The maximum Gasteiger partial charge on any atom is 0.321 e. The van der Waals surface area contributed by atoms with Crippen LogP contribution in [0.2, 0.25) is 0 Å². The lowest BCUT2D eigenvalue weighted by Gasteiger charge is -2.51. The van der Waals surface area contributed by atoms with E-state index in [1.807, 2.05) is 48.3 Å². The Morgan fingerprint density at radius 2 is 1.72 bits per heavy atom. The number of ether oxygens (including phenoxy) is 3. The van der Waals surface area contributed by atoms with E-state index in [4.69, 9.17) is 24.9 Å². The van der Waals surface area contributed by atoms with E-state index in [1.165, 1.54) is 0 Å². The Labute approximate surface area is 228 Å². The number of rotatable bonds is 7. The van der Waals surface area contributed by atoms with Crippen molar-refractivity contribution in [3.05, 3.63) is 42.5 Å². The van der Waals surface area contributed by atoms with Gasteiger partial charge in [-0.2, -0.15) is 4.98 Å². The molecule has 1 aromatic heterocycles. The largest absolute Gasteiger partial charge is 0.493 e. The Balaban J connectivity index is 1.36. The maximum atomic E-state index is 13.0. The summed E-state index contributed by atoms with van der Waals surface area (Å²) in [6.45, 7) is 5.10. The number of aromatic nitrogens is 2. The summed E-state index contributed by atoms with van der Waals surface area (Å²) < 4.78 is 16.6. The summed E-state index contributed by atoms with van der Waals surface area (Å²) in [5, 5.41) is 3.73. The third kappa shape index (κ3) is 5.64. The molecule has 39 heavy (non-hydrogen) atoms. The monoisotopic (exact) mass is 535 g/mol. The summed E-state index contributed by atoms with van der Waals surface area (Å²) in [5.41, 5.74) is 7.71. The number of nitrogen functional groups attached to an aromatic ring is 1. The lowest BCUT2D eigenvalue weighted by atomic mass is 9.84. The topological polar surface area (TPSA) is 118 Å². The first-order valence-corrected chi connectivity index (χ1v) is 13.3. The van der Waals surface area contributed by atoms with E-state index < -0.39 is 0 Å². The predicted molar refractivity (Wildman–Crippen MR) is 152 cm³/mol. The smallest absolute Gasteiger partial charge is 0.321 e. The van der Waals surface area contributed by atoms with Crippen LogP contribution in [-0.4, -0.2) is 98.5 Å². The molecule has 0 aliphatic carbocycles. The van der Waals surface area contributed by atoms with E-state index in [0.29, 0.717) is 67.0 Å². The van der Waals surface area contributed by atoms with Crippen molar-refractivity contribution in [1.82, 2.24) is 19.8 Å². The number of amides is 2. The van der Waals surface area contributed by atoms with Crippen molar-refractivity contribution in [2.24, 2.45) is 0 Å². The number of hydrogen-bond acceptors (Lipinski definition) is 9. The van der Waals surface area contributed by atoms with Crippen LogP contribution in [0.4, 0.5) is 22.2 Å². The van der Waals surface area contributed by atoms with Gasteiger partial charge < -0.3 is 35.1 Å². The molecule has 2 aliphatic rings. The predicted octanol–water partition coefficient (Wildman–Crippen LogP) is 3.06. The second-order valence-electron chi connectivity index (χ2n) is 10.1. The van der Waals surface area contributed by atoms with Crippen molar-refractivity contribution >= 4 is 34.4 Å². The summed E-state index contributed by atoms with van der Waals surface area (Å²) in [6.07, 6.45) is 1.65. The van der Waals surface area contributed by atoms with Gasteiger partial charge in [-0.15, -0.1) is 0 Å². The first-order valence-electron chi connectivity index (χ1n) is 13.3. The van der Waals surface area contributed by atoms with Gasteiger partial charge in [0.1, 0.15) is 5.82 Å².